The lowest BCUT2D eigenvalue weighted by Gasteiger charge is -2.36. The summed E-state index contributed by atoms with van der Waals surface area (Å²) in [5.74, 6) is -0.307. The van der Waals surface area contributed by atoms with E-state index < -0.39 is 12.4 Å². The van der Waals surface area contributed by atoms with Gasteiger partial charge in [0, 0.05) is 43.3 Å². The van der Waals surface area contributed by atoms with E-state index in [-0.39, 0.29) is 28.7 Å². The number of para-hydroxylation sites is 2. The third-order valence-corrected chi connectivity index (χ3v) is 11.5. The highest BCUT2D eigenvalue weighted by Gasteiger charge is 2.44. The molecule has 2 aromatic carbocycles. The fourth-order valence-electron chi connectivity index (χ4n) is 5.25. The summed E-state index contributed by atoms with van der Waals surface area (Å²) < 4.78 is 22.7. The van der Waals surface area contributed by atoms with E-state index in [4.69, 9.17) is 4.74 Å². The Kier molecular flexibility index (Phi) is 7.28. The van der Waals surface area contributed by atoms with Crippen molar-refractivity contribution in [3.05, 3.63) is 74.5 Å². The number of benzene rings is 2. The molecule has 1 fully saturated rings. The summed E-state index contributed by atoms with van der Waals surface area (Å²) in [5, 5.41) is 20.2. The Morgan fingerprint density at radius 1 is 1.15 bits per heavy atom. The first-order chi connectivity index (χ1) is 18.5. The van der Waals surface area contributed by atoms with Crippen molar-refractivity contribution in [1.82, 2.24) is 4.67 Å². The van der Waals surface area contributed by atoms with E-state index in [2.05, 4.69) is 36.1 Å². The zero-order valence-electron chi connectivity index (χ0n) is 22.3. The van der Waals surface area contributed by atoms with Crippen LogP contribution in [0.3, 0.4) is 0 Å². The first-order valence-electron chi connectivity index (χ1n) is 12.8. The molecule has 2 aliphatic rings. The molecule has 0 aliphatic carbocycles. The molecule has 1 aromatic heterocycles. The van der Waals surface area contributed by atoms with Crippen LogP contribution in [0, 0.1) is 10.1 Å². The maximum Gasteiger partial charge on any atom is 0.292 e. The molecule has 0 radical (unpaired) electrons. The molecule has 5 rings (SSSR count). The number of nitrogens with zero attached hydrogens (tertiary/aromatic N) is 3. The number of thiophene rings is 1. The number of hydrogen-bond acceptors (Lipinski definition) is 7. The summed E-state index contributed by atoms with van der Waals surface area (Å²) in [6, 6.07) is 13.7. The molecule has 3 aromatic rings. The number of morpholine rings is 1. The van der Waals surface area contributed by atoms with Crippen LogP contribution >= 0.6 is 18.8 Å². The Morgan fingerprint density at radius 2 is 1.87 bits per heavy atom. The molecule has 1 saturated heterocycles. The molecule has 12 heteroatoms. The zero-order chi connectivity index (χ0) is 27.9. The SMILES string of the molecule is C[C@H]1N(C)c2cc(NC(=O)c3cccs3)c([P@@](=O)(Nc3ccccc3[N+](=O)[O-])N3CCOCC3)cc2C1(C)C. The van der Waals surface area contributed by atoms with Crippen LogP contribution in [0.15, 0.2) is 53.9 Å². The van der Waals surface area contributed by atoms with Crippen molar-refractivity contribution in [1.29, 1.82) is 0 Å². The second-order valence-electron chi connectivity index (χ2n) is 10.4. The number of anilines is 3. The molecule has 1 amide bonds. The molecule has 2 atom stereocenters. The van der Waals surface area contributed by atoms with E-state index in [1.54, 1.807) is 35.0 Å². The average Bonchev–Trinajstić information content (AvgIpc) is 3.52. The number of nitrogens with one attached hydrogen (secondary N) is 2. The van der Waals surface area contributed by atoms with Gasteiger partial charge in [-0.3, -0.25) is 19.5 Å². The fraction of sp³-hybridized carbons (Fsp3) is 0.370. The van der Waals surface area contributed by atoms with E-state index in [0.717, 1.165) is 11.3 Å². The molecule has 0 spiro atoms. The van der Waals surface area contributed by atoms with E-state index in [0.29, 0.717) is 42.2 Å². The maximum absolute atomic E-state index is 15.4. The lowest BCUT2D eigenvalue weighted by Crippen LogP contribution is -2.40. The van der Waals surface area contributed by atoms with Crippen molar-refractivity contribution in [2.45, 2.75) is 32.2 Å². The largest absolute Gasteiger partial charge is 0.379 e. The van der Waals surface area contributed by atoms with Gasteiger partial charge in [-0.25, -0.2) is 4.67 Å². The molecule has 0 bridgehead atoms. The number of carbonyl (C=O) groups excluding carboxylic acids is 1. The highest BCUT2D eigenvalue weighted by atomic mass is 32.1. The third kappa shape index (κ3) is 4.84. The summed E-state index contributed by atoms with van der Waals surface area (Å²) in [5.41, 5.74) is 2.05. The minimum atomic E-state index is -3.77. The number of ether oxygens (including phenoxy) is 1. The minimum absolute atomic E-state index is 0.148. The van der Waals surface area contributed by atoms with E-state index in [9.17, 15) is 14.9 Å². The van der Waals surface area contributed by atoms with Crippen molar-refractivity contribution >= 4 is 52.7 Å². The number of rotatable bonds is 7. The number of nitro benzene ring substituents is 1. The van der Waals surface area contributed by atoms with Crippen molar-refractivity contribution in [3.63, 3.8) is 0 Å². The molecule has 0 saturated carbocycles. The van der Waals surface area contributed by atoms with Gasteiger partial charge in [-0.1, -0.05) is 32.0 Å². The van der Waals surface area contributed by atoms with Gasteiger partial charge in [-0.15, -0.1) is 11.3 Å². The van der Waals surface area contributed by atoms with Crippen LogP contribution in [-0.4, -0.2) is 54.9 Å². The van der Waals surface area contributed by atoms with Crippen LogP contribution in [0.5, 0.6) is 0 Å². The summed E-state index contributed by atoms with van der Waals surface area (Å²) in [6.45, 7) is 7.88. The highest BCUT2D eigenvalue weighted by molar-refractivity contribution is 7.71. The van der Waals surface area contributed by atoms with Crippen molar-refractivity contribution in [3.8, 4) is 0 Å². The molecule has 0 unspecified atom stereocenters. The van der Waals surface area contributed by atoms with E-state index in [1.807, 2.05) is 24.6 Å². The van der Waals surface area contributed by atoms with E-state index >= 15 is 4.57 Å². The van der Waals surface area contributed by atoms with Gasteiger partial charge in [0.1, 0.15) is 5.69 Å². The molecule has 2 aliphatic heterocycles. The monoisotopic (exact) mass is 569 g/mol. The predicted molar refractivity (Wildman–Crippen MR) is 156 cm³/mol. The zero-order valence-corrected chi connectivity index (χ0v) is 24.1. The second-order valence-corrected chi connectivity index (χ2v) is 13.7. The van der Waals surface area contributed by atoms with Crippen molar-refractivity contribution in [2.24, 2.45) is 0 Å². The molecule has 2 N–H and O–H groups in total. The number of amides is 1. The first-order valence-corrected chi connectivity index (χ1v) is 15.3. The standard InChI is InChI=1S/C27H32N5O5PS/c1-18-27(2,3)19-16-24(21(17-23(19)30(18)4)28-26(33)25-10-7-15-39-25)38(36,31-11-13-37-14-12-31)29-20-8-5-6-9-22(20)32(34)35/h5-10,15-18H,11-14H2,1-4H3,(H,28,33)(H,29,36)/t18-,38-/m1/s1. The Labute approximate surface area is 231 Å². The lowest BCUT2D eigenvalue weighted by atomic mass is 9.81. The first kappa shape index (κ1) is 27.3. The van der Waals surface area contributed by atoms with Gasteiger partial charge >= 0.3 is 0 Å². The second kappa shape index (κ2) is 10.4. The van der Waals surface area contributed by atoms with Gasteiger partial charge in [-0.05, 0) is 42.1 Å². The summed E-state index contributed by atoms with van der Waals surface area (Å²) >= 11 is 1.32. The Hall–Kier alpha value is -3.24. The molecule has 206 valence electrons. The van der Waals surface area contributed by atoms with Crippen molar-refractivity contribution in [2.75, 3.05) is 48.7 Å². The topological polar surface area (TPSA) is 117 Å². The average molecular weight is 570 g/mol. The number of hydrogen-bond donors (Lipinski definition) is 2. The lowest BCUT2D eigenvalue weighted by molar-refractivity contribution is -0.383. The Balaban J connectivity index is 1.72. The van der Waals surface area contributed by atoms with Gasteiger partial charge in [0.05, 0.1) is 34.0 Å². The number of carbonyl (C=O) groups is 1. The Morgan fingerprint density at radius 3 is 2.54 bits per heavy atom. The quantitative estimate of drug-likeness (QED) is 0.224. The summed E-state index contributed by atoms with van der Waals surface area (Å²) in [7, 11) is -1.76. The van der Waals surface area contributed by atoms with Crippen LogP contribution in [-0.2, 0) is 14.7 Å². The maximum atomic E-state index is 15.4. The van der Waals surface area contributed by atoms with E-state index in [1.165, 1.54) is 17.4 Å². The van der Waals surface area contributed by atoms with Crippen LogP contribution in [0.25, 0.3) is 0 Å². The third-order valence-electron chi connectivity index (χ3n) is 7.89. The number of likely N-dealkylation sites (N-methyl/N-ethyl adjacent to an activating group) is 1. The molecular weight excluding hydrogens is 537 g/mol. The summed E-state index contributed by atoms with van der Waals surface area (Å²) in [4.78, 5) is 27.3. The molecular formula is C27H32N5O5PS. The number of nitro groups is 1. The van der Waals surface area contributed by atoms with Crippen LogP contribution < -0.4 is 20.6 Å². The molecule has 3 heterocycles. The van der Waals surface area contributed by atoms with Gasteiger partial charge in [0.15, 0.2) is 0 Å². The van der Waals surface area contributed by atoms with Crippen LogP contribution in [0.1, 0.15) is 36.0 Å². The molecule has 39 heavy (non-hydrogen) atoms. The predicted octanol–water partition coefficient (Wildman–Crippen LogP) is 5.29. The van der Waals surface area contributed by atoms with Crippen LogP contribution in [0.4, 0.5) is 22.7 Å². The summed E-state index contributed by atoms with van der Waals surface area (Å²) in [6.07, 6.45) is 0. The number of fused-ring (bicyclic) bond motifs is 1. The van der Waals surface area contributed by atoms with Crippen molar-refractivity contribution < 1.29 is 19.0 Å². The fourth-order valence-corrected chi connectivity index (χ4v) is 8.43. The Bertz CT molecular complexity index is 1450. The van der Waals surface area contributed by atoms with Crippen LogP contribution in [0.2, 0.25) is 0 Å². The smallest absolute Gasteiger partial charge is 0.292 e. The molecule has 10 nitrogen and oxygen atoms in total. The van der Waals surface area contributed by atoms with Gasteiger partial charge in [-0.2, -0.15) is 0 Å². The minimum Gasteiger partial charge on any atom is -0.379 e. The normalized spacial score (nSPS) is 20.2. The van der Waals surface area contributed by atoms with Gasteiger partial charge < -0.3 is 20.0 Å². The van der Waals surface area contributed by atoms with Gasteiger partial charge in [0.2, 0.25) is 0 Å². The highest BCUT2D eigenvalue weighted by Crippen LogP contribution is 2.54. The van der Waals surface area contributed by atoms with Gasteiger partial charge in [0.25, 0.3) is 19.0 Å².